The molecule has 1 aliphatic carbocycles. The maximum atomic E-state index is 11.7. The van der Waals surface area contributed by atoms with Gasteiger partial charge in [-0.1, -0.05) is 11.6 Å². The van der Waals surface area contributed by atoms with Crippen LogP contribution < -0.4 is 4.90 Å². The molecule has 4 nitrogen and oxygen atoms in total. The molecule has 0 saturated carbocycles. The Hall–Kier alpha value is -1.94. The number of ketones is 1. The standard InChI is InChI=1S/C14H14ClN3O/c1-18(2)10-5-3-9(4-6-10)17-13-8-12(16)11(15)7-14(13)19/h3-7,16H,8H2,1-2H3. The second-order valence-electron chi connectivity index (χ2n) is 4.48. The number of benzene rings is 1. The molecule has 0 bridgehead atoms. The van der Waals surface area contributed by atoms with Gasteiger partial charge in [-0.3, -0.25) is 4.79 Å². The van der Waals surface area contributed by atoms with Crippen molar-refractivity contribution in [1.82, 2.24) is 0 Å². The quantitative estimate of drug-likeness (QED) is 0.902. The lowest BCUT2D eigenvalue weighted by molar-refractivity contribution is -0.109. The van der Waals surface area contributed by atoms with E-state index in [9.17, 15) is 4.79 Å². The Morgan fingerprint density at radius 1 is 1.26 bits per heavy atom. The molecular weight excluding hydrogens is 262 g/mol. The molecule has 0 radical (unpaired) electrons. The molecule has 19 heavy (non-hydrogen) atoms. The van der Waals surface area contributed by atoms with E-state index in [2.05, 4.69) is 4.99 Å². The first kappa shape index (κ1) is 13.5. The fraction of sp³-hybridized carbons (Fsp3) is 0.214. The highest BCUT2D eigenvalue weighted by Gasteiger charge is 2.20. The van der Waals surface area contributed by atoms with Gasteiger partial charge >= 0.3 is 0 Å². The number of rotatable bonds is 2. The molecule has 0 saturated heterocycles. The van der Waals surface area contributed by atoms with Crippen LogP contribution in [0.4, 0.5) is 11.4 Å². The summed E-state index contributed by atoms with van der Waals surface area (Å²) in [6.07, 6.45) is 1.43. The van der Waals surface area contributed by atoms with Crippen molar-refractivity contribution in [2.24, 2.45) is 4.99 Å². The monoisotopic (exact) mass is 275 g/mol. The smallest absolute Gasteiger partial charge is 0.201 e. The van der Waals surface area contributed by atoms with Gasteiger partial charge in [-0.2, -0.15) is 0 Å². The summed E-state index contributed by atoms with van der Waals surface area (Å²) >= 11 is 5.74. The number of anilines is 1. The lowest BCUT2D eigenvalue weighted by Gasteiger charge is -2.13. The first-order valence-electron chi connectivity index (χ1n) is 5.81. The Kier molecular flexibility index (Phi) is 3.81. The van der Waals surface area contributed by atoms with Crippen LogP contribution in [-0.4, -0.2) is 31.3 Å². The van der Waals surface area contributed by atoms with E-state index in [0.717, 1.165) is 5.69 Å². The lowest BCUT2D eigenvalue weighted by Crippen LogP contribution is -2.21. The predicted molar refractivity (Wildman–Crippen MR) is 79.2 cm³/mol. The second kappa shape index (κ2) is 5.36. The van der Waals surface area contributed by atoms with Gasteiger partial charge < -0.3 is 10.3 Å². The minimum absolute atomic E-state index is 0.184. The molecule has 5 heteroatoms. The third-order valence-electron chi connectivity index (χ3n) is 2.80. The van der Waals surface area contributed by atoms with Crippen molar-refractivity contribution >= 4 is 40.2 Å². The van der Waals surface area contributed by atoms with Crippen LogP contribution in [0.25, 0.3) is 0 Å². The molecule has 0 spiro atoms. The van der Waals surface area contributed by atoms with Gasteiger partial charge in [0.15, 0.2) is 0 Å². The molecule has 0 heterocycles. The van der Waals surface area contributed by atoms with Gasteiger partial charge in [-0.15, -0.1) is 0 Å². The summed E-state index contributed by atoms with van der Waals surface area (Å²) in [5, 5.41) is 7.83. The summed E-state index contributed by atoms with van der Waals surface area (Å²) in [5.74, 6) is -0.224. The molecule has 2 rings (SSSR count). The Morgan fingerprint density at radius 3 is 2.47 bits per heavy atom. The van der Waals surface area contributed by atoms with Gasteiger partial charge in [0.25, 0.3) is 0 Å². The average molecular weight is 276 g/mol. The SMILES string of the molecule is CN(C)c1ccc(N=C2CC(=N)C(Cl)=CC2=O)cc1. The van der Waals surface area contributed by atoms with Gasteiger partial charge in [0.1, 0.15) is 0 Å². The van der Waals surface area contributed by atoms with Crippen molar-refractivity contribution in [2.75, 3.05) is 19.0 Å². The number of nitrogens with one attached hydrogen (secondary N) is 1. The first-order valence-corrected chi connectivity index (χ1v) is 6.19. The van der Waals surface area contributed by atoms with E-state index < -0.39 is 0 Å². The molecule has 0 amide bonds. The number of halogens is 1. The van der Waals surface area contributed by atoms with Crippen LogP contribution in [0.15, 0.2) is 40.4 Å². The Balaban J connectivity index is 2.27. The number of hydrogen-bond acceptors (Lipinski definition) is 4. The van der Waals surface area contributed by atoms with Gasteiger partial charge in [-0.25, -0.2) is 4.99 Å². The summed E-state index contributed by atoms with van der Waals surface area (Å²) in [6, 6.07) is 7.56. The van der Waals surface area contributed by atoms with Crippen molar-refractivity contribution < 1.29 is 4.79 Å². The fourth-order valence-corrected chi connectivity index (χ4v) is 1.87. The van der Waals surface area contributed by atoms with E-state index in [-0.39, 0.29) is 22.9 Å². The third-order valence-corrected chi connectivity index (χ3v) is 3.14. The molecule has 0 unspecified atom stereocenters. The summed E-state index contributed by atoms with van der Waals surface area (Å²) in [6.45, 7) is 0. The Morgan fingerprint density at radius 2 is 1.89 bits per heavy atom. The molecule has 0 fully saturated rings. The van der Waals surface area contributed by atoms with Crippen LogP contribution in [0.5, 0.6) is 0 Å². The molecule has 98 valence electrons. The molecular formula is C14H14ClN3O. The summed E-state index contributed by atoms with van der Waals surface area (Å²) in [5.41, 5.74) is 2.35. The molecule has 1 aliphatic rings. The number of allylic oxidation sites excluding steroid dienone is 2. The highest BCUT2D eigenvalue weighted by Crippen LogP contribution is 2.21. The van der Waals surface area contributed by atoms with E-state index in [0.29, 0.717) is 11.4 Å². The van der Waals surface area contributed by atoms with Crippen LogP contribution in [0, 0.1) is 5.41 Å². The average Bonchev–Trinajstić information content (AvgIpc) is 2.36. The molecule has 1 aromatic rings. The minimum Gasteiger partial charge on any atom is -0.378 e. The highest BCUT2D eigenvalue weighted by atomic mass is 35.5. The molecule has 0 atom stereocenters. The number of carbonyl (C=O) groups excluding carboxylic acids is 1. The van der Waals surface area contributed by atoms with Gasteiger partial charge in [0, 0.05) is 32.3 Å². The summed E-state index contributed by atoms with van der Waals surface area (Å²) in [7, 11) is 3.92. The van der Waals surface area contributed by atoms with Crippen LogP contribution in [0.2, 0.25) is 0 Å². The molecule has 1 aromatic carbocycles. The van der Waals surface area contributed by atoms with Crippen LogP contribution in [-0.2, 0) is 4.79 Å². The highest BCUT2D eigenvalue weighted by molar-refractivity contribution is 6.57. The predicted octanol–water partition coefficient (Wildman–Crippen LogP) is 2.94. The summed E-state index contributed by atoms with van der Waals surface area (Å²) in [4.78, 5) is 18.0. The zero-order valence-electron chi connectivity index (χ0n) is 10.8. The van der Waals surface area contributed by atoms with Crippen molar-refractivity contribution in [3.63, 3.8) is 0 Å². The van der Waals surface area contributed by atoms with E-state index in [4.69, 9.17) is 17.0 Å². The van der Waals surface area contributed by atoms with Crippen molar-refractivity contribution in [2.45, 2.75) is 6.42 Å². The molecule has 0 aromatic heterocycles. The number of carbonyl (C=O) groups is 1. The van der Waals surface area contributed by atoms with Crippen molar-refractivity contribution in [1.29, 1.82) is 5.41 Å². The van der Waals surface area contributed by atoms with Gasteiger partial charge in [0.2, 0.25) is 5.78 Å². The van der Waals surface area contributed by atoms with Crippen LogP contribution >= 0.6 is 11.6 Å². The van der Waals surface area contributed by atoms with E-state index in [1.54, 1.807) is 0 Å². The first-order chi connectivity index (χ1) is 8.97. The minimum atomic E-state index is -0.224. The Bertz CT molecular complexity index is 585. The van der Waals surface area contributed by atoms with Crippen molar-refractivity contribution in [3.8, 4) is 0 Å². The zero-order chi connectivity index (χ0) is 14.0. The normalized spacial score (nSPS) is 17.6. The van der Waals surface area contributed by atoms with Crippen LogP contribution in [0.1, 0.15) is 6.42 Å². The third kappa shape index (κ3) is 3.09. The number of nitrogens with zero attached hydrogens (tertiary/aromatic N) is 2. The molecule has 0 aliphatic heterocycles. The van der Waals surface area contributed by atoms with E-state index >= 15 is 0 Å². The summed E-state index contributed by atoms with van der Waals surface area (Å²) < 4.78 is 0. The van der Waals surface area contributed by atoms with Crippen LogP contribution in [0.3, 0.4) is 0 Å². The number of hydrogen-bond donors (Lipinski definition) is 1. The Labute approximate surface area is 116 Å². The molecule has 1 N–H and O–H groups in total. The van der Waals surface area contributed by atoms with Gasteiger partial charge in [-0.05, 0) is 24.3 Å². The van der Waals surface area contributed by atoms with Gasteiger partial charge in [0.05, 0.1) is 22.1 Å². The number of aliphatic imine (C=N–C) groups is 1. The topological polar surface area (TPSA) is 56.5 Å². The maximum Gasteiger partial charge on any atom is 0.201 e. The largest absolute Gasteiger partial charge is 0.378 e. The lowest BCUT2D eigenvalue weighted by atomic mass is 10.0. The second-order valence-corrected chi connectivity index (χ2v) is 4.89. The van der Waals surface area contributed by atoms with Crippen molar-refractivity contribution in [3.05, 3.63) is 35.4 Å². The fourth-order valence-electron chi connectivity index (χ4n) is 1.70. The maximum absolute atomic E-state index is 11.7. The van der Waals surface area contributed by atoms with E-state index in [1.807, 2.05) is 43.3 Å². The van der Waals surface area contributed by atoms with E-state index in [1.165, 1.54) is 6.08 Å². The zero-order valence-corrected chi connectivity index (χ0v) is 11.5.